The van der Waals surface area contributed by atoms with Crippen LogP contribution in [0.1, 0.15) is 12.0 Å². The van der Waals surface area contributed by atoms with Crippen molar-refractivity contribution in [3.05, 3.63) is 80.9 Å². The Bertz CT molecular complexity index is 1070. The Hall–Kier alpha value is -3.88. The lowest BCUT2D eigenvalue weighted by molar-refractivity contribution is -0.384. The molecule has 0 aliphatic heterocycles. The smallest absolute Gasteiger partial charge is 0.269 e. The largest absolute Gasteiger partial charge is 0.298 e. The predicted octanol–water partition coefficient (Wildman–Crippen LogP) is 1.85. The number of nitro benzene ring substituents is 1. The van der Waals surface area contributed by atoms with Crippen molar-refractivity contribution in [3.63, 3.8) is 0 Å². The summed E-state index contributed by atoms with van der Waals surface area (Å²) >= 11 is 0. The van der Waals surface area contributed by atoms with Crippen LogP contribution in [0.25, 0.3) is 10.9 Å². The molecule has 136 valence electrons. The van der Waals surface area contributed by atoms with E-state index in [0.29, 0.717) is 16.5 Å². The SMILES string of the molecule is O=C(CCn1cnc2ccccc2c1=O)NN=Cc1ccc([N+](=O)[O-])cc1. The maximum absolute atomic E-state index is 12.3. The van der Waals surface area contributed by atoms with Gasteiger partial charge in [-0.15, -0.1) is 0 Å². The quantitative estimate of drug-likeness (QED) is 0.406. The highest BCUT2D eigenvalue weighted by Gasteiger charge is 2.06. The number of carbonyl (C=O) groups excluding carboxylic acids is 1. The fraction of sp³-hybridized carbons (Fsp3) is 0.111. The lowest BCUT2D eigenvalue weighted by Gasteiger charge is -2.05. The normalized spacial score (nSPS) is 11.0. The number of para-hydroxylation sites is 1. The summed E-state index contributed by atoms with van der Waals surface area (Å²) in [7, 11) is 0. The zero-order valence-electron chi connectivity index (χ0n) is 14.1. The summed E-state index contributed by atoms with van der Waals surface area (Å²) in [5.41, 5.74) is 3.34. The van der Waals surface area contributed by atoms with E-state index in [0.717, 1.165) is 0 Å². The summed E-state index contributed by atoms with van der Waals surface area (Å²) in [6, 6.07) is 12.7. The zero-order chi connectivity index (χ0) is 19.2. The highest BCUT2D eigenvalue weighted by molar-refractivity contribution is 5.82. The second kappa shape index (κ2) is 8.00. The Morgan fingerprint density at radius 2 is 1.96 bits per heavy atom. The number of nitro groups is 1. The molecule has 9 nitrogen and oxygen atoms in total. The molecule has 1 N–H and O–H groups in total. The molecule has 1 heterocycles. The molecule has 0 aliphatic carbocycles. The Balaban J connectivity index is 1.56. The van der Waals surface area contributed by atoms with Crippen molar-refractivity contribution in [1.29, 1.82) is 0 Å². The van der Waals surface area contributed by atoms with Gasteiger partial charge < -0.3 is 0 Å². The van der Waals surface area contributed by atoms with E-state index in [2.05, 4.69) is 15.5 Å². The van der Waals surface area contributed by atoms with Gasteiger partial charge in [-0.05, 0) is 29.8 Å². The van der Waals surface area contributed by atoms with E-state index in [1.165, 1.54) is 41.4 Å². The van der Waals surface area contributed by atoms with Crippen LogP contribution in [0, 0.1) is 10.1 Å². The molecular weight excluding hydrogens is 350 g/mol. The van der Waals surface area contributed by atoms with Crippen molar-refractivity contribution in [2.24, 2.45) is 5.10 Å². The van der Waals surface area contributed by atoms with Gasteiger partial charge in [0, 0.05) is 25.1 Å². The molecule has 3 aromatic rings. The van der Waals surface area contributed by atoms with Gasteiger partial charge >= 0.3 is 0 Å². The number of nitrogens with one attached hydrogen (secondary N) is 1. The van der Waals surface area contributed by atoms with Gasteiger partial charge in [-0.25, -0.2) is 10.4 Å². The average Bonchev–Trinajstić information content (AvgIpc) is 2.68. The minimum Gasteiger partial charge on any atom is -0.298 e. The van der Waals surface area contributed by atoms with Crippen molar-refractivity contribution in [2.75, 3.05) is 0 Å². The molecule has 0 unspecified atom stereocenters. The monoisotopic (exact) mass is 365 g/mol. The number of aryl methyl sites for hydroxylation is 1. The van der Waals surface area contributed by atoms with Crippen LogP contribution in [0.5, 0.6) is 0 Å². The zero-order valence-corrected chi connectivity index (χ0v) is 14.1. The van der Waals surface area contributed by atoms with Crippen LogP contribution in [0.2, 0.25) is 0 Å². The van der Waals surface area contributed by atoms with E-state index < -0.39 is 4.92 Å². The van der Waals surface area contributed by atoms with Crippen LogP contribution < -0.4 is 11.0 Å². The molecular formula is C18H15N5O4. The van der Waals surface area contributed by atoms with E-state index in [1.807, 2.05) is 0 Å². The van der Waals surface area contributed by atoms with Crippen LogP contribution in [-0.2, 0) is 11.3 Å². The number of non-ortho nitro benzene ring substituents is 1. The van der Waals surface area contributed by atoms with Gasteiger partial charge in [0.25, 0.3) is 11.2 Å². The molecule has 27 heavy (non-hydrogen) atoms. The van der Waals surface area contributed by atoms with E-state index >= 15 is 0 Å². The highest BCUT2D eigenvalue weighted by Crippen LogP contribution is 2.10. The Morgan fingerprint density at radius 1 is 1.22 bits per heavy atom. The Kier molecular flexibility index (Phi) is 5.31. The molecule has 0 aliphatic rings. The summed E-state index contributed by atoms with van der Waals surface area (Å²) in [6.45, 7) is 0.176. The summed E-state index contributed by atoms with van der Waals surface area (Å²) in [6.07, 6.45) is 2.85. The molecule has 1 aromatic heterocycles. The predicted molar refractivity (Wildman–Crippen MR) is 99.5 cm³/mol. The van der Waals surface area contributed by atoms with Crippen molar-refractivity contribution >= 4 is 28.7 Å². The molecule has 0 spiro atoms. The van der Waals surface area contributed by atoms with Gasteiger partial charge in [0.1, 0.15) is 0 Å². The lowest BCUT2D eigenvalue weighted by Crippen LogP contribution is -2.25. The summed E-state index contributed by atoms with van der Waals surface area (Å²) in [5, 5.41) is 14.9. The molecule has 0 bridgehead atoms. The molecule has 0 saturated carbocycles. The van der Waals surface area contributed by atoms with Crippen molar-refractivity contribution in [1.82, 2.24) is 15.0 Å². The molecule has 0 fully saturated rings. The van der Waals surface area contributed by atoms with E-state index in [9.17, 15) is 19.7 Å². The van der Waals surface area contributed by atoms with Gasteiger partial charge in [-0.3, -0.25) is 24.3 Å². The number of amides is 1. The summed E-state index contributed by atoms with van der Waals surface area (Å²) < 4.78 is 1.38. The third kappa shape index (κ3) is 4.40. The minimum absolute atomic E-state index is 0.0226. The second-order valence-electron chi connectivity index (χ2n) is 5.65. The van der Waals surface area contributed by atoms with Gasteiger partial charge in [0.05, 0.1) is 28.4 Å². The number of carbonyl (C=O) groups is 1. The number of aromatic nitrogens is 2. The summed E-state index contributed by atoms with van der Waals surface area (Å²) in [5.74, 6) is -0.367. The van der Waals surface area contributed by atoms with E-state index in [4.69, 9.17) is 0 Å². The standard InChI is InChI=1S/C18H15N5O4/c24-17(21-20-11-13-5-7-14(8-6-13)23(26)27)9-10-22-12-19-16-4-2-1-3-15(16)18(22)25/h1-8,11-12H,9-10H2,(H,21,24). The second-order valence-corrected chi connectivity index (χ2v) is 5.65. The maximum atomic E-state index is 12.3. The van der Waals surface area contributed by atoms with Crippen LogP contribution in [0.3, 0.4) is 0 Å². The third-order valence-corrected chi connectivity index (χ3v) is 3.82. The number of rotatable bonds is 6. The van der Waals surface area contributed by atoms with Gasteiger partial charge in [0.15, 0.2) is 0 Å². The molecule has 1 amide bonds. The van der Waals surface area contributed by atoms with Crippen molar-refractivity contribution in [3.8, 4) is 0 Å². The molecule has 0 saturated heterocycles. The first kappa shape index (κ1) is 17.9. The topological polar surface area (TPSA) is 119 Å². The highest BCUT2D eigenvalue weighted by atomic mass is 16.6. The Morgan fingerprint density at radius 3 is 2.70 bits per heavy atom. The first-order valence-electron chi connectivity index (χ1n) is 8.05. The van der Waals surface area contributed by atoms with Crippen molar-refractivity contribution in [2.45, 2.75) is 13.0 Å². The third-order valence-electron chi connectivity index (χ3n) is 3.82. The molecule has 0 atom stereocenters. The molecule has 2 aromatic carbocycles. The van der Waals surface area contributed by atoms with Crippen LogP contribution in [0.4, 0.5) is 5.69 Å². The van der Waals surface area contributed by atoms with Crippen LogP contribution in [-0.4, -0.2) is 26.6 Å². The number of benzene rings is 2. The van der Waals surface area contributed by atoms with Gasteiger partial charge in [-0.2, -0.15) is 5.10 Å². The molecule has 9 heteroatoms. The first-order chi connectivity index (χ1) is 13.0. The number of hydrogen-bond acceptors (Lipinski definition) is 6. The van der Waals surface area contributed by atoms with Crippen LogP contribution in [0.15, 0.2) is 64.8 Å². The fourth-order valence-electron chi connectivity index (χ4n) is 2.40. The summed E-state index contributed by atoms with van der Waals surface area (Å²) in [4.78, 5) is 38.5. The van der Waals surface area contributed by atoms with Crippen LogP contribution >= 0.6 is 0 Å². The average molecular weight is 365 g/mol. The molecule has 3 rings (SSSR count). The number of nitrogens with zero attached hydrogens (tertiary/aromatic N) is 4. The fourth-order valence-corrected chi connectivity index (χ4v) is 2.40. The molecule has 0 radical (unpaired) electrons. The maximum Gasteiger partial charge on any atom is 0.269 e. The number of fused-ring (bicyclic) bond motifs is 1. The minimum atomic E-state index is -0.494. The van der Waals surface area contributed by atoms with Crippen molar-refractivity contribution < 1.29 is 9.72 Å². The van der Waals surface area contributed by atoms with Gasteiger partial charge in [-0.1, -0.05) is 12.1 Å². The number of hydrazone groups is 1. The Labute approximate surface area is 153 Å². The number of hydrogen-bond donors (Lipinski definition) is 1. The van der Waals surface area contributed by atoms with E-state index in [-0.39, 0.29) is 30.1 Å². The first-order valence-corrected chi connectivity index (χ1v) is 8.05. The van der Waals surface area contributed by atoms with E-state index in [1.54, 1.807) is 24.3 Å². The van der Waals surface area contributed by atoms with Gasteiger partial charge in [0.2, 0.25) is 5.91 Å². The lowest BCUT2D eigenvalue weighted by atomic mass is 10.2.